The van der Waals surface area contributed by atoms with Gasteiger partial charge in [-0.25, -0.2) is 0 Å². The van der Waals surface area contributed by atoms with Gasteiger partial charge in [-0.3, -0.25) is 9.59 Å². The Balaban J connectivity index is 1.03. The van der Waals surface area contributed by atoms with Crippen molar-refractivity contribution in [3.63, 3.8) is 0 Å². The molecular weight excluding hydrogens is 629 g/mol. The number of benzene rings is 4. The topological polar surface area (TPSA) is 87.2 Å². The van der Waals surface area contributed by atoms with Crippen LogP contribution in [0.1, 0.15) is 44.9 Å². The molecule has 6 rings (SSSR count). The van der Waals surface area contributed by atoms with Gasteiger partial charge in [-0.05, 0) is 35.7 Å². The molecule has 0 atom stereocenters. The van der Waals surface area contributed by atoms with Crippen LogP contribution >= 0.6 is 22.7 Å². The molecule has 0 unspecified atom stereocenters. The Bertz CT molecular complexity index is 2020. The number of thiazole rings is 2. The number of nitrogens with zero attached hydrogens (tertiary/aromatic N) is 4. The normalized spacial score (nSPS) is 12.7. The molecule has 2 heterocycles. The highest BCUT2D eigenvalue weighted by atomic mass is 32.1. The summed E-state index contributed by atoms with van der Waals surface area (Å²) < 4.78 is 17.1. The SMILES string of the molecule is COCCn1c(=NC(=O)CCCCCCCC(=O)N=c2sc3c4ccccc4ccc3n2CCOC)sc2c3ccccc3ccc21. The van der Waals surface area contributed by atoms with E-state index in [0.29, 0.717) is 39.1 Å². The van der Waals surface area contributed by atoms with Gasteiger partial charge < -0.3 is 18.6 Å². The maximum Gasteiger partial charge on any atom is 0.248 e. The minimum Gasteiger partial charge on any atom is -0.383 e. The Morgan fingerprint density at radius 1 is 0.596 bits per heavy atom. The van der Waals surface area contributed by atoms with Crippen LogP contribution in [0.4, 0.5) is 0 Å². The highest BCUT2D eigenvalue weighted by molar-refractivity contribution is 7.17. The summed E-state index contributed by atoms with van der Waals surface area (Å²) in [5.41, 5.74) is 2.15. The Hall–Kier alpha value is -3.96. The molecule has 0 fully saturated rings. The van der Waals surface area contributed by atoms with E-state index in [9.17, 15) is 9.59 Å². The molecule has 4 aromatic carbocycles. The average Bonchev–Trinajstić information content (AvgIpc) is 3.62. The van der Waals surface area contributed by atoms with E-state index in [-0.39, 0.29) is 11.8 Å². The van der Waals surface area contributed by atoms with Gasteiger partial charge in [-0.2, -0.15) is 9.98 Å². The van der Waals surface area contributed by atoms with Crippen LogP contribution in [0.2, 0.25) is 0 Å². The van der Waals surface area contributed by atoms with Crippen molar-refractivity contribution in [2.75, 3.05) is 27.4 Å². The van der Waals surface area contributed by atoms with Crippen molar-refractivity contribution in [1.29, 1.82) is 0 Å². The number of fused-ring (bicyclic) bond motifs is 6. The van der Waals surface area contributed by atoms with E-state index in [4.69, 9.17) is 9.47 Å². The molecule has 10 heteroatoms. The number of methoxy groups -OCH3 is 2. The number of ether oxygens (including phenoxy) is 2. The molecule has 8 nitrogen and oxygen atoms in total. The molecule has 244 valence electrons. The highest BCUT2D eigenvalue weighted by Gasteiger charge is 2.13. The minimum atomic E-state index is -0.0982. The molecule has 0 aliphatic heterocycles. The lowest BCUT2D eigenvalue weighted by atomic mass is 10.1. The van der Waals surface area contributed by atoms with Gasteiger partial charge in [0.1, 0.15) is 0 Å². The van der Waals surface area contributed by atoms with Crippen LogP contribution in [0.3, 0.4) is 0 Å². The molecule has 6 aromatic rings. The fourth-order valence-electron chi connectivity index (χ4n) is 5.97. The Kier molecular flexibility index (Phi) is 11.0. The van der Waals surface area contributed by atoms with Crippen LogP contribution < -0.4 is 9.60 Å². The Morgan fingerprint density at radius 3 is 1.47 bits per heavy atom. The first-order valence-electron chi connectivity index (χ1n) is 16.2. The largest absolute Gasteiger partial charge is 0.383 e. The first-order chi connectivity index (χ1) is 23.1. The molecule has 0 aliphatic rings. The minimum absolute atomic E-state index is 0.0982. The van der Waals surface area contributed by atoms with E-state index in [1.807, 2.05) is 24.3 Å². The smallest absolute Gasteiger partial charge is 0.248 e. The molecule has 0 spiro atoms. The van der Waals surface area contributed by atoms with Crippen LogP contribution in [0.5, 0.6) is 0 Å². The van der Waals surface area contributed by atoms with E-state index in [0.717, 1.165) is 62.1 Å². The van der Waals surface area contributed by atoms with Crippen molar-refractivity contribution in [2.24, 2.45) is 9.98 Å². The van der Waals surface area contributed by atoms with Crippen molar-refractivity contribution < 1.29 is 19.1 Å². The van der Waals surface area contributed by atoms with Crippen molar-refractivity contribution >= 4 is 76.5 Å². The third-order valence-electron chi connectivity index (χ3n) is 8.41. The zero-order valence-corrected chi connectivity index (χ0v) is 28.6. The fourth-order valence-corrected chi connectivity index (χ4v) is 8.39. The summed E-state index contributed by atoms with van der Waals surface area (Å²) in [5, 5.41) is 4.69. The highest BCUT2D eigenvalue weighted by Crippen LogP contribution is 2.29. The first kappa shape index (κ1) is 33.0. The van der Waals surface area contributed by atoms with Crippen molar-refractivity contribution in [3.05, 3.63) is 82.4 Å². The van der Waals surface area contributed by atoms with Gasteiger partial charge in [0.25, 0.3) is 0 Å². The maximum atomic E-state index is 12.9. The average molecular weight is 669 g/mol. The van der Waals surface area contributed by atoms with E-state index in [2.05, 4.69) is 67.6 Å². The molecule has 2 amide bonds. The zero-order chi connectivity index (χ0) is 32.6. The summed E-state index contributed by atoms with van der Waals surface area (Å²) in [6, 6.07) is 25.0. The molecule has 47 heavy (non-hydrogen) atoms. The second kappa shape index (κ2) is 15.8. The monoisotopic (exact) mass is 668 g/mol. The van der Waals surface area contributed by atoms with E-state index in [1.165, 1.54) is 21.5 Å². The third kappa shape index (κ3) is 7.62. The summed E-state index contributed by atoms with van der Waals surface area (Å²) >= 11 is 3.13. The lowest BCUT2D eigenvalue weighted by molar-refractivity contribution is -0.118. The zero-order valence-electron chi connectivity index (χ0n) is 26.9. The predicted octanol–water partition coefficient (Wildman–Crippen LogP) is 7.60. The van der Waals surface area contributed by atoms with Crippen LogP contribution in [0.15, 0.2) is 82.8 Å². The van der Waals surface area contributed by atoms with E-state index in [1.54, 1.807) is 36.9 Å². The van der Waals surface area contributed by atoms with Gasteiger partial charge in [-0.1, -0.05) is 103 Å². The Labute approximate surface area is 281 Å². The number of unbranched alkanes of at least 4 members (excludes halogenated alkanes) is 4. The lowest BCUT2D eigenvalue weighted by Crippen LogP contribution is -2.19. The number of amides is 2. The Morgan fingerprint density at radius 2 is 1.02 bits per heavy atom. The first-order valence-corrected chi connectivity index (χ1v) is 17.9. The molecule has 0 radical (unpaired) electrons. The summed E-state index contributed by atoms with van der Waals surface area (Å²) in [6.07, 6.45) is 5.20. The van der Waals surface area contributed by atoms with Gasteiger partial charge in [0.05, 0.1) is 33.6 Å². The molecule has 0 saturated heterocycles. The second-order valence-electron chi connectivity index (χ2n) is 11.6. The van der Waals surface area contributed by atoms with Crippen LogP contribution in [0, 0.1) is 0 Å². The molecule has 0 bridgehead atoms. The molecule has 0 saturated carbocycles. The maximum absolute atomic E-state index is 12.9. The number of carbonyl (C=O) groups is 2. The second-order valence-corrected chi connectivity index (χ2v) is 13.6. The summed E-state index contributed by atoms with van der Waals surface area (Å²) in [6.45, 7) is 2.37. The number of rotatable bonds is 14. The van der Waals surface area contributed by atoms with Crippen molar-refractivity contribution in [3.8, 4) is 0 Å². The van der Waals surface area contributed by atoms with Crippen LogP contribution in [0.25, 0.3) is 42.0 Å². The van der Waals surface area contributed by atoms with Gasteiger partial charge in [0, 0.05) is 50.9 Å². The van der Waals surface area contributed by atoms with Gasteiger partial charge in [0.15, 0.2) is 9.60 Å². The van der Waals surface area contributed by atoms with Gasteiger partial charge in [0.2, 0.25) is 11.8 Å². The number of aromatic nitrogens is 2. The van der Waals surface area contributed by atoms with Crippen LogP contribution in [-0.4, -0.2) is 48.4 Å². The predicted molar refractivity (Wildman–Crippen MR) is 192 cm³/mol. The summed E-state index contributed by atoms with van der Waals surface area (Å²) in [5.74, 6) is -0.196. The molecule has 0 N–H and O–H groups in total. The molecule has 2 aromatic heterocycles. The van der Waals surface area contributed by atoms with E-state index >= 15 is 0 Å². The van der Waals surface area contributed by atoms with Crippen molar-refractivity contribution in [1.82, 2.24) is 9.13 Å². The molecule has 0 aliphatic carbocycles. The number of carbonyl (C=O) groups excluding carboxylic acids is 2. The summed E-state index contributed by atoms with van der Waals surface area (Å²) in [4.78, 5) is 36.3. The van der Waals surface area contributed by atoms with Gasteiger partial charge in [-0.15, -0.1) is 0 Å². The number of hydrogen-bond donors (Lipinski definition) is 0. The van der Waals surface area contributed by atoms with Crippen molar-refractivity contribution in [2.45, 2.75) is 58.0 Å². The number of hydrogen-bond acceptors (Lipinski definition) is 6. The quantitative estimate of drug-likeness (QED) is 0.112. The fraction of sp³-hybridized carbons (Fsp3) is 0.351. The van der Waals surface area contributed by atoms with Crippen LogP contribution in [-0.2, 0) is 32.2 Å². The molecular formula is C37H40N4O4S2. The summed E-state index contributed by atoms with van der Waals surface area (Å²) in [7, 11) is 3.37. The van der Waals surface area contributed by atoms with Gasteiger partial charge >= 0.3 is 0 Å². The third-order valence-corrected chi connectivity index (χ3v) is 10.7. The standard InChI is InChI=1S/C37H40N4O4S2/c1-44-24-22-40-30-20-18-26-12-8-10-14-28(26)34(30)46-36(40)38-32(42)16-6-4-3-5-7-17-33(43)39-37-41(23-25-45-2)31-21-19-27-13-9-11-15-29(27)35(31)47-37/h8-15,18-21H,3-7,16-17,22-25H2,1-2H3. The lowest BCUT2D eigenvalue weighted by Gasteiger charge is -2.05. The van der Waals surface area contributed by atoms with E-state index < -0.39 is 0 Å².